The molecule has 2 aromatic carbocycles. The van der Waals surface area contributed by atoms with E-state index in [4.69, 9.17) is 0 Å². The number of carbonyl (C=O) groups excluding carboxylic acids is 1. The molecule has 1 N–H and O–H groups in total. The Bertz CT molecular complexity index is 807. The Balaban J connectivity index is 1.45. The third-order valence-corrected chi connectivity index (χ3v) is 5.55. The molecular formula is C21H25N3O. The summed E-state index contributed by atoms with van der Waals surface area (Å²) < 4.78 is 0. The van der Waals surface area contributed by atoms with Crippen LogP contribution in [0.2, 0.25) is 0 Å². The van der Waals surface area contributed by atoms with E-state index in [1.165, 1.54) is 28.1 Å². The van der Waals surface area contributed by atoms with Crippen molar-refractivity contribution in [3.8, 4) is 0 Å². The van der Waals surface area contributed by atoms with Gasteiger partial charge in [-0.1, -0.05) is 12.1 Å². The van der Waals surface area contributed by atoms with Crippen LogP contribution in [0.3, 0.4) is 0 Å². The minimum absolute atomic E-state index is 0.162. The van der Waals surface area contributed by atoms with E-state index < -0.39 is 0 Å². The van der Waals surface area contributed by atoms with Gasteiger partial charge >= 0.3 is 0 Å². The summed E-state index contributed by atoms with van der Waals surface area (Å²) in [5, 5.41) is 3.35. The van der Waals surface area contributed by atoms with Crippen molar-refractivity contribution in [3.63, 3.8) is 0 Å². The standard InChI is InChI=1S/C21H25N3O/c1-15-4-3-5-20(16(15)2)23-10-12-24(13-11-23)21(25)18-6-7-19-17(14-18)8-9-22-19/h3-7,14,22H,8-13H2,1-2H3. The molecule has 4 heteroatoms. The lowest BCUT2D eigenvalue weighted by Crippen LogP contribution is -2.49. The van der Waals surface area contributed by atoms with E-state index in [2.05, 4.69) is 48.3 Å². The van der Waals surface area contributed by atoms with Gasteiger partial charge in [0.25, 0.3) is 5.91 Å². The van der Waals surface area contributed by atoms with E-state index in [0.29, 0.717) is 0 Å². The average Bonchev–Trinajstić information content (AvgIpc) is 3.11. The van der Waals surface area contributed by atoms with Crippen molar-refractivity contribution in [3.05, 3.63) is 58.7 Å². The topological polar surface area (TPSA) is 35.6 Å². The summed E-state index contributed by atoms with van der Waals surface area (Å²) in [7, 11) is 0. The summed E-state index contributed by atoms with van der Waals surface area (Å²) in [5.74, 6) is 0.162. The van der Waals surface area contributed by atoms with Crippen molar-refractivity contribution in [2.45, 2.75) is 20.3 Å². The predicted molar refractivity (Wildman–Crippen MR) is 103 cm³/mol. The van der Waals surface area contributed by atoms with Gasteiger partial charge in [-0.05, 0) is 61.2 Å². The van der Waals surface area contributed by atoms with Crippen LogP contribution in [0.4, 0.5) is 11.4 Å². The van der Waals surface area contributed by atoms with Crippen LogP contribution in [0.5, 0.6) is 0 Å². The molecule has 2 aromatic rings. The molecule has 2 heterocycles. The van der Waals surface area contributed by atoms with Gasteiger partial charge in [-0.2, -0.15) is 0 Å². The Morgan fingerprint density at radius 2 is 1.84 bits per heavy atom. The van der Waals surface area contributed by atoms with E-state index >= 15 is 0 Å². The Kier molecular flexibility index (Phi) is 4.12. The van der Waals surface area contributed by atoms with Crippen LogP contribution in [0.25, 0.3) is 0 Å². The van der Waals surface area contributed by atoms with Gasteiger partial charge in [0.05, 0.1) is 0 Å². The highest BCUT2D eigenvalue weighted by Gasteiger charge is 2.24. The third kappa shape index (κ3) is 2.97. The number of nitrogens with one attached hydrogen (secondary N) is 1. The van der Waals surface area contributed by atoms with Crippen molar-refractivity contribution >= 4 is 17.3 Å². The van der Waals surface area contributed by atoms with E-state index in [9.17, 15) is 4.79 Å². The highest BCUT2D eigenvalue weighted by atomic mass is 16.2. The number of nitrogens with zero attached hydrogens (tertiary/aromatic N) is 2. The minimum atomic E-state index is 0.162. The van der Waals surface area contributed by atoms with Gasteiger partial charge in [0.1, 0.15) is 0 Å². The fourth-order valence-electron chi connectivity index (χ4n) is 3.85. The molecule has 0 radical (unpaired) electrons. The normalized spacial score (nSPS) is 16.6. The summed E-state index contributed by atoms with van der Waals surface area (Å²) in [6, 6.07) is 12.5. The fourth-order valence-corrected chi connectivity index (χ4v) is 3.85. The molecule has 0 aliphatic carbocycles. The Morgan fingerprint density at radius 1 is 1.04 bits per heavy atom. The van der Waals surface area contributed by atoms with E-state index in [0.717, 1.165) is 44.7 Å². The monoisotopic (exact) mass is 335 g/mol. The molecule has 0 bridgehead atoms. The van der Waals surface area contributed by atoms with E-state index in [1.54, 1.807) is 0 Å². The number of piperazine rings is 1. The number of hydrogen-bond acceptors (Lipinski definition) is 3. The zero-order chi connectivity index (χ0) is 17.4. The molecule has 1 fully saturated rings. The Labute approximate surface area is 149 Å². The van der Waals surface area contributed by atoms with Crippen LogP contribution < -0.4 is 10.2 Å². The largest absolute Gasteiger partial charge is 0.384 e. The lowest BCUT2D eigenvalue weighted by molar-refractivity contribution is 0.0746. The number of benzene rings is 2. The van der Waals surface area contributed by atoms with E-state index in [-0.39, 0.29) is 5.91 Å². The lowest BCUT2D eigenvalue weighted by atomic mass is 10.1. The van der Waals surface area contributed by atoms with Crippen LogP contribution >= 0.6 is 0 Å². The molecule has 0 saturated carbocycles. The molecular weight excluding hydrogens is 310 g/mol. The van der Waals surface area contributed by atoms with Crippen molar-refractivity contribution in [2.24, 2.45) is 0 Å². The molecule has 2 aliphatic rings. The SMILES string of the molecule is Cc1cccc(N2CCN(C(=O)c3ccc4c(c3)CCN4)CC2)c1C. The van der Waals surface area contributed by atoms with Gasteiger partial charge in [0, 0.05) is 49.7 Å². The summed E-state index contributed by atoms with van der Waals surface area (Å²) in [5.41, 5.74) is 7.23. The second-order valence-corrected chi connectivity index (χ2v) is 7.05. The van der Waals surface area contributed by atoms with E-state index in [1.807, 2.05) is 17.0 Å². The number of carbonyl (C=O) groups is 1. The summed E-state index contributed by atoms with van der Waals surface area (Å²) in [6.07, 6.45) is 1.01. The molecule has 0 spiro atoms. The van der Waals surface area contributed by atoms with Gasteiger partial charge in [-0.3, -0.25) is 4.79 Å². The van der Waals surface area contributed by atoms with Crippen LogP contribution in [0.1, 0.15) is 27.0 Å². The first-order valence-corrected chi connectivity index (χ1v) is 9.11. The quantitative estimate of drug-likeness (QED) is 0.915. The first-order valence-electron chi connectivity index (χ1n) is 9.11. The maximum absolute atomic E-state index is 12.9. The number of anilines is 2. The molecule has 1 amide bonds. The maximum Gasteiger partial charge on any atom is 0.253 e. The zero-order valence-electron chi connectivity index (χ0n) is 15.0. The van der Waals surface area contributed by atoms with Crippen LogP contribution in [0.15, 0.2) is 36.4 Å². The van der Waals surface area contributed by atoms with Gasteiger partial charge in [-0.15, -0.1) is 0 Å². The predicted octanol–water partition coefficient (Wildman–Crippen LogP) is 3.23. The molecule has 0 atom stereocenters. The Morgan fingerprint density at radius 3 is 2.64 bits per heavy atom. The van der Waals surface area contributed by atoms with Crippen LogP contribution in [0, 0.1) is 13.8 Å². The number of rotatable bonds is 2. The third-order valence-electron chi connectivity index (χ3n) is 5.55. The molecule has 25 heavy (non-hydrogen) atoms. The number of amides is 1. The minimum Gasteiger partial charge on any atom is -0.384 e. The summed E-state index contributed by atoms with van der Waals surface area (Å²) in [4.78, 5) is 17.2. The Hall–Kier alpha value is -2.49. The molecule has 0 aromatic heterocycles. The van der Waals surface area contributed by atoms with Gasteiger partial charge in [-0.25, -0.2) is 0 Å². The highest BCUT2D eigenvalue weighted by Crippen LogP contribution is 2.26. The second kappa shape index (κ2) is 6.43. The van der Waals surface area contributed by atoms with Gasteiger partial charge in [0.15, 0.2) is 0 Å². The number of hydrogen-bond donors (Lipinski definition) is 1. The maximum atomic E-state index is 12.9. The second-order valence-electron chi connectivity index (χ2n) is 7.05. The smallest absolute Gasteiger partial charge is 0.253 e. The number of aryl methyl sites for hydroxylation is 1. The first kappa shape index (κ1) is 16.0. The molecule has 4 nitrogen and oxygen atoms in total. The summed E-state index contributed by atoms with van der Waals surface area (Å²) in [6.45, 7) is 8.65. The number of fused-ring (bicyclic) bond motifs is 1. The molecule has 4 rings (SSSR count). The molecule has 130 valence electrons. The van der Waals surface area contributed by atoms with Crippen molar-refractivity contribution in [1.82, 2.24) is 4.90 Å². The van der Waals surface area contributed by atoms with Crippen molar-refractivity contribution in [2.75, 3.05) is 42.9 Å². The molecule has 2 aliphatic heterocycles. The molecule has 0 unspecified atom stereocenters. The fraction of sp³-hybridized carbons (Fsp3) is 0.381. The summed E-state index contributed by atoms with van der Waals surface area (Å²) >= 11 is 0. The lowest BCUT2D eigenvalue weighted by Gasteiger charge is -2.37. The highest BCUT2D eigenvalue weighted by molar-refractivity contribution is 5.95. The average molecular weight is 335 g/mol. The van der Waals surface area contributed by atoms with Crippen molar-refractivity contribution in [1.29, 1.82) is 0 Å². The van der Waals surface area contributed by atoms with Crippen LogP contribution in [-0.4, -0.2) is 43.5 Å². The van der Waals surface area contributed by atoms with Crippen molar-refractivity contribution < 1.29 is 4.79 Å². The van der Waals surface area contributed by atoms with Gasteiger partial charge < -0.3 is 15.1 Å². The van der Waals surface area contributed by atoms with Crippen LogP contribution in [-0.2, 0) is 6.42 Å². The van der Waals surface area contributed by atoms with Gasteiger partial charge in [0.2, 0.25) is 0 Å². The zero-order valence-corrected chi connectivity index (χ0v) is 15.0. The first-order chi connectivity index (χ1) is 12.1. The molecule has 1 saturated heterocycles.